The van der Waals surface area contributed by atoms with Crippen molar-refractivity contribution in [2.45, 2.75) is 20.0 Å². The van der Waals surface area contributed by atoms with E-state index in [9.17, 15) is 0 Å². The summed E-state index contributed by atoms with van der Waals surface area (Å²) in [7, 11) is 0. The third-order valence-corrected chi connectivity index (χ3v) is 4.22. The Hall–Kier alpha value is -2.18. The van der Waals surface area contributed by atoms with Gasteiger partial charge in [-0.25, -0.2) is 4.98 Å². The molecule has 0 N–H and O–H groups in total. The maximum Gasteiger partial charge on any atom is 0.209 e. The molecule has 6 nitrogen and oxygen atoms in total. The van der Waals surface area contributed by atoms with E-state index in [1.54, 1.807) is 0 Å². The third kappa shape index (κ3) is 3.28. The molecule has 1 aliphatic heterocycles. The Morgan fingerprint density at radius 3 is 2.48 bits per heavy atom. The first-order chi connectivity index (χ1) is 11.3. The van der Waals surface area contributed by atoms with Gasteiger partial charge in [0.1, 0.15) is 11.3 Å². The van der Waals surface area contributed by atoms with Crippen LogP contribution in [-0.4, -0.2) is 46.1 Å². The summed E-state index contributed by atoms with van der Waals surface area (Å²) in [4.78, 5) is 9.34. The van der Waals surface area contributed by atoms with E-state index < -0.39 is 0 Å². The Kier molecular flexibility index (Phi) is 3.85. The molecule has 3 aromatic rings. The second-order valence-electron chi connectivity index (χ2n) is 6.06. The highest BCUT2D eigenvalue weighted by atomic mass is 16.5. The van der Waals surface area contributed by atoms with E-state index in [-0.39, 0.29) is 0 Å². The van der Waals surface area contributed by atoms with Gasteiger partial charge in [0.25, 0.3) is 0 Å². The molecule has 2 aromatic heterocycles. The van der Waals surface area contributed by atoms with Gasteiger partial charge in [-0.1, -0.05) is 17.3 Å². The molecule has 120 valence electrons. The monoisotopic (exact) mass is 312 g/mol. The molecule has 0 amide bonds. The van der Waals surface area contributed by atoms with Crippen LogP contribution in [0.1, 0.15) is 17.3 Å². The fourth-order valence-corrected chi connectivity index (χ4v) is 3.01. The summed E-state index contributed by atoms with van der Waals surface area (Å²) in [5, 5.41) is 4.07. The maximum absolute atomic E-state index is 5.81. The van der Waals surface area contributed by atoms with Crippen molar-refractivity contribution in [1.29, 1.82) is 0 Å². The highest BCUT2D eigenvalue weighted by molar-refractivity contribution is 5.72. The maximum atomic E-state index is 5.81. The Balaban J connectivity index is 1.32. The van der Waals surface area contributed by atoms with Gasteiger partial charge in [-0.2, -0.15) is 0 Å². The largest absolute Gasteiger partial charge is 0.439 e. The summed E-state index contributed by atoms with van der Waals surface area (Å²) in [6.45, 7) is 7.61. The Labute approximate surface area is 134 Å². The van der Waals surface area contributed by atoms with Gasteiger partial charge in [-0.15, -0.1) is 0 Å². The zero-order valence-corrected chi connectivity index (χ0v) is 13.2. The van der Waals surface area contributed by atoms with Crippen LogP contribution in [0.25, 0.3) is 11.1 Å². The standard InChI is InChI=1S/C17H20N4O2/c1-13-10-14(19-23-13)11-20-6-8-21(9-7-20)12-17-18-15-4-2-3-5-16(15)22-17/h2-5,10H,6-9,11-12H2,1H3. The molecule has 1 aromatic carbocycles. The normalized spacial score (nSPS) is 17.1. The topological polar surface area (TPSA) is 58.5 Å². The Morgan fingerprint density at radius 2 is 1.78 bits per heavy atom. The lowest BCUT2D eigenvalue weighted by Crippen LogP contribution is -2.45. The van der Waals surface area contributed by atoms with Crippen molar-refractivity contribution in [3.63, 3.8) is 0 Å². The van der Waals surface area contributed by atoms with Gasteiger partial charge in [0.15, 0.2) is 5.58 Å². The van der Waals surface area contributed by atoms with E-state index >= 15 is 0 Å². The molecular weight excluding hydrogens is 292 g/mol. The lowest BCUT2D eigenvalue weighted by atomic mass is 10.3. The number of para-hydroxylation sites is 2. The summed E-state index contributed by atoms with van der Waals surface area (Å²) in [6, 6.07) is 9.91. The summed E-state index contributed by atoms with van der Waals surface area (Å²) in [6.07, 6.45) is 0. The first-order valence-corrected chi connectivity index (χ1v) is 7.97. The molecule has 0 aliphatic carbocycles. The van der Waals surface area contributed by atoms with Gasteiger partial charge in [0.05, 0.1) is 12.2 Å². The first kappa shape index (κ1) is 14.4. The molecule has 1 aliphatic rings. The van der Waals surface area contributed by atoms with Crippen molar-refractivity contribution < 1.29 is 8.94 Å². The number of piperazine rings is 1. The molecule has 0 spiro atoms. The van der Waals surface area contributed by atoms with Crippen LogP contribution in [-0.2, 0) is 13.1 Å². The van der Waals surface area contributed by atoms with Crippen LogP contribution in [0.5, 0.6) is 0 Å². The Morgan fingerprint density at radius 1 is 1.04 bits per heavy atom. The molecule has 0 radical (unpaired) electrons. The van der Waals surface area contributed by atoms with Gasteiger partial charge in [0.2, 0.25) is 5.89 Å². The highest BCUT2D eigenvalue weighted by Crippen LogP contribution is 2.17. The molecule has 0 atom stereocenters. The highest BCUT2D eigenvalue weighted by Gasteiger charge is 2.19. The van der Waals surface area contributed by atoms with Crippen LogP contribution >= 0.6 is 0 Å². The van der Waals surface area contributed by atoms with E-state index in [0.717, 1.165) is 67.7 Å². The number of hydrogen-bond donors (Lipinski definition) is 0. The minimum atomic E-state index is 0.769. The number of aryl methyl sites for hydroxylation is 1. The molecule has 1 fully saturated rings. The fourth-order valence-electron chi connectivity index (χ4n) is 3.01. The van der Waals surface area contributed by atoms with Crippen LogP contribution in [0.4, 0.5) is 0 Å². The van der Waals surface area contributed by atoms with Gasteiger partial charge in [-0.05, 0) is 19.1 Å². The number of benzene rings is 1. The van der Waals surface area contributed by atoms with E-state index in [1.165, 1.54) is 0 Å². The van der Waals surface area contributed by atoms with Gasteiger partial charge < -0.3 is 8.94 Å². The summed E-state index contributed by atoms with van der Waals surface area (Å²) >= 11 is 0. The van der Waals surface area contributed by atoms with Crippen molar-refractivity contribution in [2.24, 2.45) is 0 Å². The minimum absolute atomic E-state index is 0.769. The summed E-state index contributed by atoms with van der Waals surface area (Å²) in [5.74, 6) is 1.67. The van der Waals surface area contributed by atoms with E-state index in [0.29, 0.717) is 0 Å². The predicted octanol–water partition coefficient (Wildman–Crippen LogP) is 2.44. The second-order valence-corrected chi connectivity index (χ2v) is 6.06. The van der Waals surface area contributed by atoms with Crippen LogP contribution in [0.3, 0.4) is 0 Å². The smallest absolute Gasteiger partial charge is 0.209 e. The van der Waals surface area contributed by atoms with Crippen molar-refractivity contribution in [1.82, 2.24) is 19.9 Å². The molecule has 3 heterocycles. The average molecular weight is 312 g/mol. The van der Waals surface area contributed by atoms with Crippen LogP contribution in [0.2, 0.25) is 0 Å². The number of rotatable bonds is 4. The summed E-state index contributed by atoms with van der Waals surface area (Å²) in [5.41, 5.74) is 2.81. The molecular formula is C17H20N4O2. The number of fused-ring (bicyclic) bond motifs is 1. The number of aromatic nitrogens is 2. The predicted molar refractivity (Wildman–Crippen MR) is 85.8 cm³/mol. The lowest BCUT2D eigenvalue weighted by Gasteiger charge is -2.33. The number of oxazole rings is 1. The molecule has 6 heteroatoms. The number of nitrogens with zero attached hydrogens (tertiary/aromatic N) is 4. The van der Waals surface area contributed by atoms with E-state index in [4.69, 9.17) is 8.94 Å². The minimum Gasteiger partial charge on any atom is -0.439 e. The van der Waals surface area contributed by atoms with E-state index in [1.807, 2.05) is 37.3 Å². The Bertz CT molecular complexity index is 754. The van der Waals surface area contributed by atoms with Crippen LogP contribution < -0.4 is 0 Å². The molecule has 23 heavy (non-hydrogen) atoms. The third-order valence-electron chi connectivity index (χ3n) is 4.22. The van der Waals surface area contributed by atoms with Crippen LogP contribution in [0, 0.1) is 6.92 Å². The van der Waals surface area contributed by atoms with Gasteiger partial charge >= 0.3 is 0 Å². The SMILES string of the molecule is Cc1cc(CN2CCN(Cc3nc4ccccc4o3)CC2)no1. The van der Waals surface area contributed by atoms with Crippen molar-refractivity contribution in [3.8, 4) is 0 Å². The molecule has 1 saturated heterocycles. The second kappa shape index (κ2) is 6.14. The van der Waals surface area contributed by atoms with Crippen molar-refractivity contribution in [2.75, 3.05) is 26.2 Å². The van der Waals surface area contributed by atoms with Gasteiger partial charge in [0, 0.05) is 38.8 Å². The zero-order valence-electron chi connectivity index (χ0n) is 13.2. The first-order valence-electron chi connectivity index (χ1n) is 7.97. The van der Waals surface area contributed by atoms with Gasteiger partial charge in [-0.3, -0.25) is 9.80 Å². The number of hydrogen-bond acceptors (Lipinski definition) is 6. The molecule has 4 rings (SSSR count). The van der Waals surface area contributed by atoms with Crippen LogP contribution in [0.15, 0.2) is 39.3 Å². The average Bonchev–Trinajstić information content (AvgIpc) is 3.14. The summed E-state index contributed by atoms with van der Waals surface area (Å²) < 4.78 is 10.9. The lowest BCUT2D eigenvalue weighted by molar-refractivity contribution is 0.113. The molecule has 0 saturated carbocycles. The molecule has 0 bridgehead atoms. The molecule has 0 unspecified atom stereocenters. The van der Waals surface area contributed by atoms with Crippen molar-refractivity contribution in [3.05, 3.63) is 47.7 Å². The zero-order chi connectivity index (χ0) is 15.6. The van der Waals surface area contributed by atoms with E-state index in [2.05, 4.69) is 19.9 Å². The quantitative estimate of drug-likeness (QED) is 0.737. The van der Waals surface area contributed by atoms with Crippen molar-refractivity contribution >= 4 is 11.1 Å². The fraction of sp³-hybridized carbons (Fsp3) is 0.412.